The van der Waals surface area contributed by atoms with Crippen LogP contribution in [0.15, 0.2) is 51.4 Å². The van der Waals surface area contributed by atoms with E-state index in [-0.39, 0.29) is 64.9 Å². The van der Waals surface area contributed by atoms with Crippen molar-refractivity contribution in [1.82, 2.24) is 0 Å². The van der Waals surface area contributed by atoms with Crippen molar-refractivity contribution < 1.29 is 22.8 Å². The molecule has 2 radical (unpaired) electrons. The van der Waals surface area contributed by atoms with Crippen LogP contribution in [0.3, 0.4) is 0 Å². The minimum atomic E-state index is -4.98. The third-order valence-electron chi connectivity index (χ3n) is 2.99. The number of alkyl halides is 2. The van der Waals surface area contributed by atoms with Gasteiger partial charge in [0.1, 0.15) is 5.75 Å². The van der Waals surface area contributed by atoms with Crippen LogP contribution in [-0.4, -0.2) is 75.9 Å². The number of hydrogen-bond donors (Lipinski definition) is 1. The average molecular weight is 572 g/mol. The van der Waals surface area contributed by atoms with Crippen LogP contribution in [0.2, 0.25) is 0 Å². The predicted molar refractivity (Wildman–Crippen MR) is 119 cm³/mol. The van der Waals surface area contributed by atoms with Gasteiger partial charge in [-0.25, -0.2) is 4.57 Å². The van der Waals surface area contributed by atoms with Gasteiger partial charge in [-0.05, 0) is 57.9 Å². The first-order valence-electron chi connectivity index (χ1n) is 7.19. The first-order valence-corrected chi connectivity index (χ1v) is 11.6. The largest absolute Gasteiger partial charge is 0.442 e. The number of halogens is 4. The van der Waals surface area contributed by atoms with Gasteiger partial charge >= 0.3 is 13.8 Å². The molecule has 2 rings (SSSR count). The number of benzene rings is 2. The summed E-state index contributed by atoms with van der Waals surface area (Å²) in [7, 11) is -4.98. The van der Waals surface area contributed by atoms with Crippen LogP contribution in [0.25, 0.3) is 0 Å². The molecule has 0 fully saturated rings. The topological polar surface area (TPSA) is 46.5 Å². The maximum Gasteiger partial charge on any atom is 0.442 e. The van der Waals surface area contributed by atoms with Gasteiger partial charge in [0.25, 0.3) is 0 Å². The number of rotatable bonds is 6. The Bertz CT molecular complexity index is 877. The van der Waals surface area contributed by atoms with Crippen LogP contribution in [0, 0.1) is 11.8 Å². The van der Waals surface area contributed by atoms with E-state index < -0.39 is 13.8 Å². The summed E-state index contributed by atoms with van der Waals surface area (Å²) in [5, 5.41) is 0. The van der Waals surface area contributed by atoms with Crippen molar-refractivity contribution in [3.8, 4) is 17.6 Å². The molecule has 0 bridgehead atoms. The van der Waals surface area contributed by atoms with Crippen molar-refractivity contribution in [1.29, 1.82) is 0 Å². The average Bonchev–Trinajstić information content (AvgIpc) is 2.58. The molecule has 1 N–H and O–H groups in total. The molecule has 0 aliphatic carbocycles. The molecule has 0 amide bonds. The van der Waals surface area contributed by atoms with E-state index in [9.17, 15) is 13.3 Å². The molecule has 140 valence electrons. The zero-order chi connectivity index (χ0) is 19.2. The van der Waals surface area contributed by atoms with Crippen LogP contribution in [0.4, 0.5) is 8.78 Å². The zero-order valence-electron chi connectivity index (χ0n) is 15.2. The van der Waals surface area contributed by atoms with Crippen LogP contribution in [0.1, 0.15) is 11.1 Å². The Morgan fingerprint density at radius 3 is 2.36 bits per heavy atom. The number of thioether (sulfide) groups is 1. The van der Waals surface area contributed by atoms with Crippen molar-refractivity contribution >= 4 is 110 Å². The summed E-state index contributed by atoms with van der Waals surface area (Å²) in [6.45, 7) is 0. The van der Waals surface area contributed by atoms with E-state index in [1.165, 1.54) is 6.07 Å². The second kappa shape index (κ2) is 14.3. The molecular formula is C17H13Br2F2Na2O3PS. The first-order chi connectivity index (χ1) is 12.3. The Morgan fingerprint density at radius 2 is 1.79 bits per heavy atom. The zero-order valence-corrected chi connectivity index (χ0v) is 24.0. The maximum atomic E-state index is 12.4. The van der Waals surface area contributed by atoms with E-state index in [1.54, 1.807) is 23.9 Å². The van der Waals surface area contributed by atoms with Gasteiger partial charge < -0.3 is 9.42 Å². The number of hydrogen-bond acceptors (Lipinski definition) is 3. The fraction of sp³-hybridized carbons (Fsp3) is 0.176. The van der Waals surface area contributed by atoms with E-state index in [1.807, 2.05) is 24.3 Å². The third kappa shape index (κ3) is 9.98. The van der Waals surface area contributed by atoms with Crippen molar-refractivity contribution in [2.75, 3.05) is 5.75 Å². The van der Waals surface area contributed by atoms with E-state index in [0.29, 0.717) is 16.0 Å². The molecule has 28 heavy (non-hydrogen) atoms. The molecule has 0 aromatic heterocycles. The van der Waals surface area contributed by atoms with E-state index in [2.05, 4.69) is 48.2 Å². The van der Waals surface area contributed by atoms with Gasteiger partial charge in [0.05, 0.1) is 10.2 Å². The van der Waals surface area contributed by atoms with Gasteiger partial charge in [-0.1, -0.05) is 33.8 Å². The standard InChI is InChI=1S/C17H13Br2F2O3PS.2Na/c18-14-6-3-12(4-7-14)2-1-9-26-11-13-5-8-16(15(19)10-13)24-25(22,23)17(20)21;;/h3-8,10,17H,9,11H2,(H,22,23);;. The summed E-state index contributed by atoms with van der Waals surface area (Å²) < 4.78 is 41.9. The normalized spacial score (nSPS) is 12.1. The van der Waals surface area contributed by atoms with Crippen molar-refractivity contribution in [3.05, 3.63) is 62.5 Å². The summed E-state index contributed by atoms with van der Waals surface area (Å²) in [5.41, 5.74) is 1.84. The summed E-state index contributed by atoms with van der Waals surface area (Å²) in [5.74, 6) is 7.32. The van der Waals surface area contributed by atoms with E-state index >= 15 is 0 Å². The van der Waals surface area contributed by atoms with Crippen LogP contribution in [-0.2, 0) is 10.3 Å². The van der Waals surface area contributed by atoms with Gasteiger partial charge in [-0.15, -0.1) is 11.8 Å². The monoisotopic (exact) mass is 570 g/mol. The molecule has 2 aromatic carbocycles. The Morgan fingerprint density at radius 1 is 1.14 bits per heavy atom. The molecule has 0 spiro atoms. The third-order valence-corrected chi connectivity index (χ3v) is 5.98. The molecule has 0 heterocycles. The minimum absolute atomic E-state index is 0. The van der Waals surface area contributed by atoms with Gasteiger partial charge in [0.15, 0.2) is 0 Å². The molecule has 0 aliphatic rings. The van der Waals surface area contributed by atoms with Crippen molar-refractivity contribution in [2.45, 2.75) is 11.9 Å². The van der Waals surface area contributed by atoms with E-state index in [0.717, 1.165) is 15.6 Å². The molecule has 1 atom stereocenters. The molecule has 0 saturated carbocycles. The van der Waals surface area contributed by atoms with Crippen LogP contribution < -0.4 is 4.52 Å². The fourth-order valence-electron chi connectivity index (χ4n) is 1.78. The Hall–Kier alpha value is 1.16. The Balaban J connectivity index is 0.00000364. The Labute approximate surface area is 228 Å². The molecule has 3 nitrogen and oxygen atoms in total. The molecule has 1 unspecified atom stereocenters. The van der Waals surface area contributed by atoms with Crippen molar-refractivity contribution in [3.63, 3.8) is 0 Å². The van der Waals surface area contributed by atoms with Gasteiger partial charge in [-0.3, -0.25) is 0 Å². The molecular weight excluding hydrogens is 559 g/mol. The summed E-state index contributed by atoms with van der Waals surface area (Å²) in [6, 6.07) is 12.4. The molecule has 0 saturated heterocycles. The van der Waals surface area contributed by atoms with Crippen molar-refractivity contribution in [2.24, 2.45) is 0 Å². The summed E-state index contributed by atoms with van der Waals surface area (Å²) in [6.07, 6.45) is -3.45. The maximum absolute atomic E-state index is 12.4. The summed E-state index contributed by atoms with van der Waals surface area (Å²) >= 11 is 8.12. The van der Waals surface area contributed by atoms with E-state index in [4.69, 9.17) is 4.89 Å². The second-order valence-electron chi connectivity index (χ2n) is 5.00. The fourth-order valence-corrected chi connectivity index (χ4v) is 3.89. The SMILES string of the molecule is O=P(O)(Oc1ccc(CSCC#Cc2ccc(Br)cc2)cc1Br)C(F)F.[Na].[Na]. The molecule has 2 aromatic rings. The molecule has 0 aliphatic heterocycles. The van der Waals surface area contributed by atoms with Crippen LogP contribution >= 0.6 is 51.2 Å². The second-order valence-corrected chi connectivity index (χ2v) is 9.46. The minimum Gasteiger partial charge on any atom is -0.420 e. The van der Waals surface area contributed by atoms with Gasteiger partial charge in [0, 0.05) is 74.9 Å². The van der Waals surface area contributed by atoms with Gasteiger partial charge in [-0.2, -0.15) is 8.78 Å². The van der Waals surface area contributed by atoms with Crippen LogP contribution in [0.5, 0.6) is 5.75 Å². The summed E-state index contributed by atoms with van der Waals surface area (Å²) in [4.78, 5) is 9.09. The quantitative estimate of drug-likeness (QED) is 0.215. The smallest absolute Gasteiger partial charge is 0.420 e. The Kier molecular flexibility index (Phi) is 14.9. The van der Waals surface area contributed by atoms with Gasteiger partial charge in [0.2, 0.25) is 0 Å². The molecule has 11 heteroatoms. The first kappa shape index (κ1) is 29.2. The predicted octanol–water partition coefficient (Wildman–Crippen LogP) is 5.52.